The molecule has 0 bridgehead atoms. The van der Waals surface area contributed by atoms with E-state index in [2.05, 4.69) is 45.1 Å². The van der Waals surface area contributed by atoms with E-state index in [9.17, 15) is 29.4 Å². The number of hydrogen-bond acceptors (Lipinski definition) is 6. The number of benzene rings is 4. The van der Waals surface area contributed by atoms with Gasteiger partial charge in [0.1, 0.15) is 23.0 Å². The standard InChI is InChI=1S/C26H32O3S.C20H24O.C15H18O2/c1-24-14-11-19-17-20(27)9-10-22(19)23(24)18-25(28,16-15-24)26(12-5-6-13-26)30(29)21-7-3-2-4-8-21;1-20-10-8-15(14-4-2-3-5-14)13-19(20)18-7-6-17(21)12-16(18)9-11-20;1-15-6-4-10-8-11(16)2-3-13(10)14(15)9-12(17)5-7-15/h2-4,7-10,17,23,27-28H,5-6,11-16,18H2,1H3;4,6-8,12,19,21H,2-3,5,9-11,13H2,1H3;2-3,8,14,16H,4-7,9H2,1H3/t23-,24+,25?,30?;19-,20-;14-,15+/m111/s1. The second kappa shape index (κ2) is 18.4. The van der Waals surface area contributed by atoms with Crippen LogP contribution in [0.15, 0.2) is 113 Å². The molecule has 0 saturated heterocycles. The number of ketones is 1. The summed E-state index contributed by atoms with van der Waals surface area (Å²) in [6.07, 6.45) is 26.4. The van der Waals surface area contributed by atoms with E-state index in [4.69, 9.17) is 0 Å². The molecule has 0 amide bonds. The van der Waals surface area contributed by atoms with E-state index in [-0.39, 0.29) is 16.7 Å². The Labute approximate surface area is 407 Å². The zero-order valence-corrected chi connectivity index (χ0v) is 41.6. The van der Waals surface area contributed by atoms with Crippen LogP contribution in [0.3, 0.4) is 0 Å². The van der Waals surface area contributed by atoms with Crippen LogP contribution in [0.4, 0.5) is 0 Å². The van der Waals surface area contributed by atoms with Gasteiger partial charge in [-0.15, -0.1) is 0 Å². The first-order valence-electron chi connectivity index (χ1n) is 26.2. The van der Waals surface area contributed by atoms with Crippen LogP contribution in [-0.4, -0.2) is 40.8 Å². The summed E-state index contributed by atoms with van der Waals surface area (Å²) in [7, 11) is -1.23. The Balaban J connectivity index is 0.000000124. The molecule has 0 heterocycles. The summed E-state index contributed by atoms with van der Waals surface area (Å²) in [6, 6.07) is 27.2. The molecule has 8 aliphatic rings. The Morgan fingerprint density at radius 1 is 0.529 bits per heavy atom. The minimum atomic E-state index is -1.23. The van der Waals surface area contributed by atoms with Crippen molar-refractivity contribution in [3.05, 3.63) is 142 Å². The van der Waals surface area contributed by atoms with Crippen LogP contribution in [0, 0.1) is 16.2 Å². The first-order chi connectivity index (χ1) is 32.6. The van der Waals surface area contributed by atoms with Crippen LogP contribution in [-0.2, 0) is 34.9 Å². The lowest BCUT2D eigenvalue weighted by Crippen LogP contribution is -2.59. The third-order valence-corrected chi connectivity index (χ3v) is 21.4. The normalized spacial score (nSPS) is 32.4. The van der Waals surface area contributed by atoms with E-state index in [1.807, 2.05) is 60.7 Å². The molecule has 7 heteroatoms. The average molecular weight is 935 g/mol. The van der Waals surface area contributed by atoms with Gasteiger partial charge in [-0.3, -0.25) is 9.00 Å². The van der Waals surface area contributed by atoms with Crippen molar-refractivity contribution in [1.82, 2.24) is 0 Å². The molecule has 6 nitrogen and oxygen atoms in total. The van der Waals surface area contributed by atoms with Crippen molar-refractivity contribution in [1.29, 1.82) is 0 Å². The maximum Gasteiger partial charge on any atom is 0.133 e. The second-order valence-electron chi connectivity index (χ2n) is 23.3. The van der Waals surface area contributed by atoms with Gasteiger partial charge in [0.2, 0.25) is 0 Å². The summed E-state index contributed by atoms with van der Waals surface area (Å²) < 4.78 is 13.4. The average Bonchev–Trinajstić information content (AvgIpc) is 4.08. The maximum atomic E-state index is 13.9. The summed E-state index contributed by atoms with van der Waals surface area (Å²) in [5, 5.41) is 41.5. The minimum Gasteiger partial charge on any atom is -0.508 e. The molecule has 12 rings (SSSR count). The largest absolute Gasteiger partial charge is 0.508 e. The van der Waals surface area contributed by atoms with Crippen molar-refractivity contribution in [2.45, 2.75) is 189 Å². The molecule has 8 aliphatic carbocycles. The van der Waals surface area contributed by atoms with E-state index in [1.54, 1.807) is 23.3 Å². The van der Waals surface area contributed by atoms with Gasteiger partial charge in [-0.1, -0.05) is 82.2 Å². The lowest BCUT2D eigenvalue weighted by molar-refractivity contribution is -0.123. The lowest BCUT2D eigenvalue weighted by Gasteiger charge is -2.56. The highest BCUT2D eigenvalue weighted by atomic mass is 32.2. The number of Topliss-reactive ketones (excluding diaryl/α,β-unsaturated/α-hetero) is 1. The predicted octanol–water partition coefficient (Wildman–Crippen LogP) is 13.9. The fourth-order valence-electron chi connectivity index (χ4n) is 14.8. The van der Waals surface area contributed by atoms with Gasteiger partial charge in [0.25, 0.3) is 0 Å². The Kier molecular flexibility index (Phi) is 12.8. The molecular formula is C61H74O6S. The van der Waals surface area contributed by atoms with E-state index in [1.165, 1.54) is 71.9 Å². The third-order valence-electron chi connectivity index (χ3n) is 19.2. The number of phenols is 3. The van der Waals surface area contributed by atoms with Gasteiger partial charge in [0, 0.05) is 17.7 Å². The van der Waals surface area contributed by atoms with Gasteiger partial charge in [-0.05, 0) is 236 Å². The van der Waals surface area contributed by atoms with Gasteiger partial charge in [0.15, 0.2) is 0 Å². The topological polar surface area (TPSA) is 115 Å². The summed E-state index contributed by atoms with van der Waals surface area (Å²) in [5.74, 6) is 2.72. The zero-order valence-electron chi connectivity index (χ0n) is 40.8. The van der Waals surface area contributed by atoms with Crippen LogP contribution in [0.25, 0.3) is 0 Å². The number of carbonyl (C=O) groups excluding carboxylic acids is 1. The first kappa shape index (κ1) is 47.2. The van der Waals surface area contributed by atoms with Crippen LogP contribution in [0.2, 0.25) is 0 Å². The van der Waals surface area contributed by atoms with Gasteiger partial charge >= 0.3 is 0 Å². The molecule has 8 atom stereocenters. The van der Waals surface area contributed by atoms with Gasteiger partial charge < -0.3 is 20.4 Å². The molecule has 2 unspecified atom stereocenters. The van der Waals surface area contributed by atoms with Crippen LogP contribution >= 0.6 is 0 Å². The van der Waals surface area contributed by atoms with E-state index in [0.717, 1.165) is 88.4 Å². The summed E-state index contributed by atoms with van der Waals surface area (Å²) in [6.45, 7) is 7.15. The SMILES string of the molecule is C[C@@]12CCc3cc(O)ccc3[C@H]1CC(O)(C1(S(=O)c3ccccc3)CCCC1)CC2.C[C@]12CC=C(C3=CCCC3)C[C@@H]1c1ccc(O)cc1CC2.C[C@]12CCC(=O)C[C@@H]1c1ccc(O)cc1CC2. The van der Waals surface area contributed by atoms with Crippen molar-refractivity contribution in [3.8, 4) is 17.2 Å². The first-order valence-corrected chi connectivity index (χ1v) is 27.3. The molecule has 3 fully saturated rings. The number of allylic oxidation sites excluding steroid dienone is 4. The highest BCUT2D eigenvalue weighted by Crippen LogP contribution is 2.62. The fraction of sp³-hybridized carbons (Fsp3) is 0.525. The van der Waals surface area contributed by atoms with Crippen molar-refractivity contribution < 1.29 is 29.4 Å². The van der Waals surface area contributed by atoms with Gasteiger partial charge in [0.05, 0.1) is 21.1 Å². The maximum absolute atomic E-state index is 13.9. The number of aliphatic hydroxyl groups is 1. The van der Waals surface area contributed by atoms with Crippen LogP contribution in [0.5, 0.6) is 17.2 Å². The van der Waals surface area contributed by atoms with Crippen molar-refractivity contribution >= 4 is 16.6 Å². The molecule has 4 aromatic carbocycles. The third kappa shape index (κ3) is 8.64. The number of carbonyl (C=O) groups is 1. The van der Waals surface area contributed by atoms with Gasteiger partial charge in [-0.25, -0.2) is 0 Å². The van der Waals surface area contributed by atoms with Crippen LogP contribution in [0.1, 0.15) is 187 Å². The number of aryl methyl sites for hydroxylation is 3. The van der Waals surface area contributed by atoms with Crippen molar-refractivity contribution in [2.24, 2.45) is 16.2 Å². The lowest BCUT2D eigenvalue weighted by atomic mass is 9.54. The molecule has 4 N–H and O–H groups in total. The molecule has 3 saturated carbocycles. The Hall–Kier alpha value is -4.46. The summed E-state index contributed by atoms with van der Waals surface area (Å²) in [4.78, 5) is 12.5. The Bertz CT molecular complexity index is 2640. The molecule has 4 aromatic rings. The molecule has 0 radical (unpaired) electrons. The molecule has 0 spiro atoms. The number of aromatic hydroxyl groups is 3. The zero-order chi connectivity index (χ0) is 47.5. The highest BCUT2D eigenvalue weighted by Gasteiger charge is 2.61. The fourth-order valence-corrected chi connectivity index (χ4v) is 16.8. The van der Waals surface area contributed by atoms with Crippen molar-refractivity contribution in [3.63, 3.8) is 0 Å². The Morgan fingerprint density at radius 2 is 1.06 bits per heavy atom. The highest BCUT2D eigenvalue weighted by molar-refractivity contribution is 7.86. The predicted molar refractivity (Wildman–Crippen MR) is 273 cm³/mol. The molecular weight excluding hydrogens is 861 g/mol. The second-order valence-corrected chi connectivity index (χ2v) is 25.1. The van der Waals surface area contributed by atoms with E-state index >= 15 is 0 Å². The van der Waals surface area contributed by atoms with Crippen LogP contribution < -0.4 is 0 Å². The number of rotatable bonds is 4. The van der Waals surface area contributed by atoms with E-state index in [0.29, 0.717) is 53.1 Å². The van der Waals surface area contributed by atoms with Gasteiger partial charge in [-0.2, -0.15) is 0 Å². The minimum absolute atomic E-state index is 0.157. The molecule has 0 aliphatic heterocycles. The van der Waals surface area contributed by atoms with E-state index < -0.39 is 21.1 Å². The quantitative estimate of drug-likeness (QED) is 0.162. The number of hydrogen-bond donors (Lipinski definition) is 4. The smallest absolute Gasteiger partial charge is 0.133 e. The summed E-state index contributed by atoms with van der Waals surface area (Å²) >= 11 is 0. The van der Waals surface area contributed by atoms with Crippen molar-refractivity contribution in [2.75, 3.05) is 0 Å². The number of phenolic OH excluding ortho intramolecular Hbond substituents is 3. The molecule has 360 valence electrons. The molecule has 68 heavy (non-hydrogen) atoms. The molecule has 0 aromatic heterocycles. The number of fused-ring (bicyclic) bond motifs is 9. The Morgan fingerprint density at radius 3 is 1.63 bits per heavy atom. The summed E-state index contributed by atoms with van der Waals surface area (Å²) in [5.41, 5.74) is 11.0. The monoisotopic (exact) mass is 935 g/mol.